The van der Waals surface area contributed by atoms with Crippen molar-refractivity contribution >= 4 is 28.7 Å². The number of nitro benzene ring substituents is 1. The van der Waals surface area contributed by atoms with Crippen LogP contribution < -0.4 is 0 Å². The summed E-state index contributed by atoms with van der Waals surface area (Å²) in [7, 11) is 0. The fourth-order valence-corrected chi connectivity index (χ4v) is 3.69. The van der Waals surface area contributed by atoms with Crippen LogP contribution in [0, 0.1) is 30.3 Å². The molecule has 2 aliphatic rings. The van der Waals surface area contributed by atoms with Crippen LogP contribution in [0.1, 0.15) is 23.6 Å². The van der Waals surface area contributed by atoms with E-state index in [0.29, 0.717) is 23.2 Å². The van der Waals surface area contributed by atoms with E-state index in [1.54, 1.807) is 12.1 Å². The fourth-order valence-electron chi connectivity index (χ4n) is 3.69. The van der Waals surface area contributed by atoms with Crippen molar-refractivity contribution in [1.82, 2.24) is 0 Å². The summed E-state index contributed by atoms with van der Waals surface area (Å²) in [5, 5.41) is 34.6. The number of aryl methyl sites for hydroxylation is 1. The zero-order chi connectivity index (χ0) is 22.3. The Bertz CT molecular complexity index is 1300. The van der Waals surface area contributed by atoms with Crippen LogP contribution in [0.3, 0.4) is 0 Å². The van der Waals surface area contributed by atoms with Crippen molar-refractivity contribution in [3.63, 3.8) is 0 Å². The van der Waals surface area contributed by atoms with Crippen molar-refractivity contribution in [2.75, 3.05) is 0 Å². The van der Waals surface area contributed by atoms with E-state index in [2.05, 4.69) is 4.99 Å². The first-order valence-electron chi connectivity index (χ1n) is 9.24. The molecule has 0 bridgehead atoms. The average Bonchev–Trinajstić information content (AvgIpc) is 3.12. The first-order chi connectivity index (χ1) is 14.8. The highest BCUT2D eigenvalue weighted by atomic mass is 16.6. The van der Waals surface area contributed by atoms with Crippen LogP contribution in [0.25, 0.3) is 11.6 Å². The molecule has 10 nitrogen and oxygen atoms in total. The lowest BCUT2D eigenvalue weighted by Crippen LogP contribution is -2.20. The maximum Gasteiger partial charge on any atom is 0.302 e. The third-order valence-corrected chi connectivity index (χ3v) is 5.11. The molecule has 2 aromatic rings. The van der Waals surface area contributed by atoms with Crippen LogP contribution in [0.5, 0.6) is 0 Å². The predicted octanol–water partition coefficient (Wildman–Crippen LogP) is 4.49. The van der Waals surface area contributed by atoms with Crippen molar-refractivity contribution in [2.45, 2.75) is 13.3 Å². The first kappa shape index (κ1) is 19.8. The number of para-hydroxylation sites is 1. The lowest BCUT2D eigenvalue weighted by atomic mass is 9.91. The van der Waals surface area contributed by atoms with Crippen LogP contribution in [0.4, 0.5) is 11.4 Å². The molecule has 0 atom stereocenters. The maximum atomic E-state index is 11.8. The number of nitro groups is 3. The normalized spacial score (nSPS) is 15.8. The van der Waals surface area contributed by atoms with E-state index < -0.39 is 26.2 Å². The van der Waals surface area contributed by atoms with Gasteiger partial charge in [0, 0.05) is 17.7 Å². The van der Waals surface area contributed by atoms with Gasteiger partial charge in [-0.05, 0) is 41.3 Å². The van der Waals surface area contributed by atoms with Gasteiger partial charge in [0.25, 0.3) is 11.4 Å². The van der Waals surface area contributed by atoms with Gasteiger partial charge < -0.3 is 0 Å². The molecule has 0 unspecified atom stereocenters. The fraction of sp³-hybridized carbons (Fsp3) is 0.0952. The number of rotatable bonds is 5. The summed E-state index contributed by atoms with van der Waals surface area (Å²) in [5.41, 5.74) is 1.32. The van der Waals surface area contributed by atoms with Gasteiger partial charge in [-0.15, -0.1) is 0 Å². The molecule has 0 amide bonds. The Morgan fingerprint density at radius 2 is 1.65 bits per heavy atom. The number of aliphatic imine (C=N–C) groups is 1. The third kappa shape index (κ3) is 3.29. The lowest BCUT2D eigenvalue weighted by Gasteiger charge is -2.14. The summed E-state index contributed by atoms with van der Waals surface area (Å²) < 4.78 is 0. The summed E-state index contributed by atoms with van der Waals surface area (Å²) in [5.74, 6) is 0. The van der Waals surface area contributed by atoms with E-state index in [0.717, 1.165) is 11.6 Å². The molecule has 0 N–H and O–H groups in total. The summed E-state index contributed by atoms with van der Waals surface area (Å²) in [6.07, 6.45) is 3.01. The smallest absolute Gasteiger partial charge is 0.258 e. The van der Waals surface area contributed by atoms with E-state index in [1.165, 1.54) is 24.3 Å². The standard InChI is InChI=1S/C21H14N4O6/c1-2-12-5-3-4-6-17(12)22-21-16-10-13-9-14(23(26)27)7-8-15(13)20(16)18(24(28)29)11-19(21)25(30)31/h3-11H,2H2,1H3. The Kier molecular flexibility index (Phi) is 4.74. The summed E-state index contributed by atoms with van der Waals surface area (Å²) in [4.78, 5) is 37.2. The minimum Gasteiger partial charge on any atom is -0.258 e. The first-order valence-corrected chi connectivity index (χ1v) is 9.24. The second kappa shape index (κ2) is 7.41. The lowest BCUT2D eigenvalue weighted by molar-refractivity contribution is -0.428. The quantitative estimate of drug-likeness (QED) is 0.517. The molecule has 4 rings (SSSR count). The van der Waals surface area contributed by atoms with E-state index in [9.17, 15) is 30.3 Å². The van der Waals surface area contributed by atoms with Gasteiger partial charge in [-0.25, -0.2) is 4.99 Å². The number of hydrogen-bond donors (Lipinski definition) is 0. The van der Waals surface area contributed by atoms with E-state index >= 15 is 0 Å². The zero-order valence-corrected chi connectivity index (χ0v) is 16.1. The Morgan fingerprint density at radius 3 is 2.29 bits per heavy atom. The number of benzene rings is 2. The molecule has 0 heterocycles. The van der Waals surface area contributed by atoms with Crippen molar-refractivity contribution in [3.05, 3.63) is 113 Å². The minimum absolute atomic E-state index is 0.0228. The molecular weight excluding hydrogens is 404 g/mol. The molecule has 2 aromatic carbocycles. The Balaban J connectivity index is 2.01. The predicted molar refractivity (Wildman–Crippen MR) is 113 cm³/mol. The minimum atomic E-state index is -0.708. The van der Waals surface area contributed by atoms with Crippen molar-refractivity contribution in [1.29, 1.82) is 0 Å². The molecule has 0 saturated carbocycles. The monoisotopic (exact) mass is 418 g/mol. The number of fused-ring (bicyclic) bond motifs is 3. The molecule has 31 heavy (non-hydrogen) atoms. The number of non-ortho nitro benzene ring substituents is 1. The van der Waals surface area contributed by atoms with Crippen LogP contribution >= 0.6 is 0 Å². The van der Waals surface area contributed by atoms with E-state index in [-0.39, 0.29) is 22.5 Å². The number of nitrogens with zero attached hydrogens (tertiary/aromatic N) is 4. The van der Waals surface area contributed by atoms with Crippen LogP contribution in [-0.4, -0.2) is 20.5 Å². The largest absolute Gasteiger partial charge is 0.302 e. The summed E-state index contributed by atoms with van der Waals surface area (Å²) in [6, 6.07) is 11.1. The molecular formula is C21H14N4O6. The van der Waals surface area contributed by atoms with Gasteiger partial charge in [-0.3, -0.25) is 30.3 Å². The van der Waals surface area contributed by atoms with Crippen LogP contribution in [0.15, 0.2) is 70.5 Å². The molecule has 10 heteroatoms. The SMILES string of the molecule is CCc1ccccc1N=C1C2=Cc3cc([N+](=O)[O-])ccc3C2=C([N+](=O)[O-])C=C1[N+](=O)[O-]. The van der Waals surface area contributed by atoms with Crippen LogP contribution in [0.2, 0.25) is 0 Å². The van der Waals surface area contributed by atoms with E-state index in [1.807, 2.05) is 19.1 Å². The maximum absolute atomic E-state index is 11.8. The van der Waals surface area contributed by atoms with Gasteiger partial charge >= 0.3 is 5.70 Å². The van der Waals surface area contributed by atoms with Gasteiger partial charge in [0.05, 0.1) is 32.1 Å². The molecule has 0 fully saturated rings. The number of hydrogen-bond acceptors (Lipinski definition) is 7. The highest BCUT2D eigenvalue weighted by Gasteiger charge is 2.41. The third-order valence-electron chi connectivity index (χ3n) is 5.11. The molecule has 2 aliphatic carbocycles. The number of allylic oxidation sites excluding steroid dienone is 3. The zero-order valence-electron chi connectivity index (χ0n) is 16.1. The van der Waals surface area contributed by atoms with E-state index in [4.69, 9.17) is 0 Å². The molecule has 0 aliphatic heterocycles. The second-order valence-corrected chi connectivity index (χ2v) is 6.83. The molecule has 0 aromatic heterocycles. The second-order valence-electron chi connectivity index (χ2n) is 6.83. The highest BCUT2D eigenvalue weighted by Crippen LogP contribution is 2.44. The van der Waals surface area contributed by atoms with Crippen molar-refractivity contribution < 1.29 is 14.8 Å². The summed E-state index contributed by atoms with van der Waals surface area (Å²) in [6.45, 7) is 1.92. The molecule has 154 valence electrons. The molecule has 0 spiro atoms. The van der Waals surface area contributed by atoms with Gasteiger partial charge in [-0.2, -0.15) is 0 Å². The van der Waals surface area contributed by atoms with Crippen LogP contribution in [-0.2, 0) is 6.42 Å². The van der Waals surface area contributed by atoms with Gasteiger partial charge in [0.2, 0.25) is 0 Å². The van der Waals surface area contributed by atoms with Crippen molar-refractivity contribution in [3.8, 4) is 0 Å². The highest BCUT2D eigenvalue weighted by molar-refractivity contribution is 6.28. The van der Waals surface area contributed by atoms with Gasteiger partial charge in [-0.1, -0.05) is 25.1 Å². The Labute approximate surface area is 175 Å². The average molecular weight is 418 g/mol. The van der Waals surface area contributed by atoms with Gasteiger partial charge in [0.1, 0.15) is 5.71 Å². The van der Waals surface area contributed by atoms with Gasteiger partial charge in [0.15, 0.2) is 0 Å². The Morgan fingerprint density at radius 1 is 0.903 bits per heavy atom. The topological polar surface area (TPSA) is 142 Å². The van der Waals surface area contributed by atoms with Crippen molar-refractivity contribution in [2.24, 2.45) is 4.99 Å². The molecule has 0 saturated heterocycles. The Hall–Kier alpha value is -4.47. The molecule has 0 radical (unpaired) electrons. The summed E-state index contributed by atoms with van der Waals surface area (Å²) >= 11 is 0.